The second-order valence-electron chi connectivity index (χ2n) is 9.60. The zero-order valence-electron chi connectivity index (χ0n) is 22.6. The molecule has 0 bridgehead atoms. The minimum Gasteiger partial charge on any atom is -0.381 e. The zero-order valence-corrected chi connectivity index (χ0v) is 22.6. The first-order valence-corrected chi connectivity index (χ1v) is 14.2. The fourth-order valence-corrected chi connectivity index (χ4v) is 4.05. The maximum atomic E-state index is 13.1. The van der Waals surface area contributed by atoms with Gasteiger partial charge in [-0.05, 0) is 25.7 Å². The molecular weight excluding hydrogens is 412 g/mol. The van der Waals surface area contributed by atoms with E-state index in [1.807, 2.05) is 7.05 Å². The molecule has 0 radical (unpaired) electrons. The van der Waals surface area contributed by atoms with Gasteiger partial charge in [0.05, 0.1) is 0 Å². The molecule has 0 aliphatic heterocycles. The third-order valence-electron chi connectivity index (χ3n) is 6.36. The van der Waals surface area contributed by atoms with Gasteiger partial charge < -0.3 is 15.0 Å². The highest BCUT2D eigenvalue weighted by Crippen LogP contribution is 2.12. The Kier molecular flexibility index (Phi) is 23.2. The smallest absolute Gasteiger partial charge is 0.234 e. The Hall–Kier alpha value is -1.10. The Labute approximate surface area is 205 Å². The Balaban J connectivity index is 4.46. The molecule has 0 saturated heterocycles. The number of unbranched alkanes of at least 4 members (excludes halogenated alkanes) is 13. The molecular formula is C28H56N2O3. The molecule has 0 aromatic heterocycles. The van der Waals surface area contributed by atoms with Crippen LogP contribution < -0.4 is 5.32 Å². The van der Waals surface area contributed by atoms with Crippen molar-refractivity contribution in [3.05, 3.63) is 0 Å². The van der Waals surface area contributed by atoms with Crippen molar-refractivity contribution in [2.45, 2.75) is 130 Å². The van der Waals surface area contributed by atoms with E-state index in [2.05, 4.69) is 26.1 Å². The summed E-state index contributed by atoms with van der Waals surface area (Å²) >= 11 is 0. The SMILES string of the molecule is CCCCCCCCNC(=O)C(CCOCCCCCC)C(=O)N(C)CCCCCCCC. The van der Waals surface area contributed by atoms with Gasteiger partial charge in [0.2, 0.25) is 11.8 Å². The highest BCUT2D eigenvalue weighted by Gasteiger charge is 2.28. The maximum Gasteiger partial charge on any atom is 0.234 e. The van der Waals surface area contributed by atoms with E-state index in [-0.39, 0.29) is 11.8 Å². The molecule has 0 spiro atoms. The summed E-state index contributed by atoms with van der Waals surface area (Å²) in [5, 5.41) is 3.03. The van der Waals surface area contributed by atoms with Crippen LogP contribution in [0.2, 0.25) is 0 Å². The van der Waals surface area contributed by atoms with Gasteiger partial charge in [0.1, 0.15) is 5.92 Å². The van der Waals surface area contributed by atoms with Crippen molar-refractivity contribution in [2.24, 2.45) is 5.92 Å². The Bertz CT molecular complexity index is 456. The molecule has 0 heterocycles. The van der Waals surface area contributed by atoms with Gasteiger partial charge in [-0.1, -0.05) is 104 Å². The van der Waals surface area contributed by atoms with Crippen LogP contribution >= 0.6 is 0 Å². The van der Waals surface area contributed by atoms with Gasteiger partial charge in [0, 0.05) is 33.4 Å². The Morgan fingerprint density at radius 2 is 1.21 bits per heavy atom. The van der Waals surface area contributed by atoms with Crippen LogP contribution in [0.25, 0.3) is 0 Å². The number of nitrogens with zero attached hydrogens (tertiary/aromatic N) is 1. The number of ether oxygens (including phenoxy) is 1. The molecule has 0 aromatic rings. The second kappa shape index (κ2) is 24.0. The number of rotatable bonds is 24. The molecule has 0 aromatic carbocycles. The predicted molar refractivity (Wildman–Crippen MR) is 140 cm³/mol. The molecule has 196 valence electrons. The number of carbonyl (C=O) groups is 2. The molecule has 33 heavy (non-hydrogen) atoms. The topological polar surface area (TPSA) is 58.6 Å². The summed E-state index contributed by atoms with van der Waals surface area (Å²) in [5.74, 6) is -0.817. The van der Waals surface area contributed by atoms with Crippen molar-refractivity contribution >= 4 is 11.8 Å². The molecule has 5 nitrogen and oxygen atoms in total. The van der Waals surface area contributed by atoms with Crippen molar-refractivity contribution < 1.29 is 14.3 Å². The first-order valence-electron chi connectivity index (χ1n) is 14.2. The van der Waals surface area contributed by atoms with Crippen molar-refractivity contribution in [1.82, 2.24) is 10.2 Å². The number of hydrogen-bond donors (Lipinski definition) is 1. The van der Waals surface area contributed by atoms with E-state index in [9.17, 15) is 9.59 Å². The summed E-state index contributed by atoms with van der Waals surface area (Å²) in [6.07, 6.45) is 19.5. The van der Waals surface area contributed by atoms with Crippen LogP contribution in [0.1, 0.15) is 130 Å². The largest absolute Gasteiger partial charge is 0.381 e. The van der Waals surface area contributed by atoms with E-state index in [1.54, 1.807) is 4.90 Å². The van der Waals surface area contributed by atoms with Crippen LogP contribution in [0.15, 0.2) is 0 Å². The van der Waals surface area contributed by atoms with E-state index in [0.717, 1.165) is 38.6 Å². The molecule has 0 saturated carbocycles. The second-order valence-corrected chi connectivity index (χ2v) is 9.60. The van der Waals surface area contributed by atoms with Crippen LogP contribution in [0.3, 0.4) is 0 Å². The highest BCUT2D eigenvalue weighted by atomic mass is 16.5. The first-order chi connectivity index (χ1) is 16.1. The van der Waals surface area contributed by atoms with Crippen LogP contribution in [0.4, 0.5) is 0 Å². The normalized spacial score (nSPS) is 12.0. The lowest BCUT2D eigenvalue weighted by Crippen LogP contribution is -2.43. The Morgan fingerprint density at radius 3 is 1.82 bits per heavy atom. The van der Waals surface area contributed by atoms with Gasteiger partial charge in [-0.25, -0.2) is 0 Å². The quantitative estimate of drug-likeness (QED) is 0.124. The van der Waals surface area contributed by atoms with Gasteiger partial charge in [-0.15, -0.1) is 0 Å². The monoisotopic (exact) mass is 468 g/mol. The molecule has 0 aliphatic rings. The minimum atomic E-state index is -0.633. The van der Waals surface area contributed by atoms with Gasteiger partial charge in [-0.3, -0.25) is 9.59 Å². The minimum absolute atomic E-state index is 0.0569. The van der Waals surface area contributed by atoms with E-state index in [1.165, 1.54) is 70.6 Å². The van der Waals surface area contributed by atoms with Crippen molar-refractivity contribution in [1.29, 1.82) is 0 Å². The number of carbonyl (C=O) groups excluding carboxylic acids is 2. The van der Waals surface area contributed by atoms with Crippen molar-refractivity contribution in [3.63, 3.8) is 0 Å². The molecule has 1 atom stereocenters. The highest BCUT2D eigenvalue weighted by molar-refractivity contribution is 6.00. The van der Waals surface area contributed by atoms with E-state index < -0.39 is 5.92 Å². The Morgan fingerprint density at radius 1 is 0.697 bits per heavy atom. The molecule has 0 fully saturated rings. The van der Waals surface area contributed by atoms with E-state index in [0.29, 0.717) is 26.2 Å². The first kappa shape index (κ1) is 31.9. The lowest BCUT2D eigenvalue weighted by Gasteiger charge is -2.23. The third-order valence-corrected chi connectivity index (χ3v) is 6.36. The van der Waals surface area contributed by atoms with Gasteiger partial charge in [0.25, 0.3) is 0 Å². The van der Waals surface area contributed by atoms with Gasteiger partial charge >= 0.3 is 0 Å². The summed E-state index contributed by atoms with van der Waals surface area (Å²) in [4.78, 5) is 27.7. The molecule has 2 amide bonds. The van der Waals surface area contributed by atoms with Crippen LogP contribution in [-0.4, -0.2) is 50.1 Å². The fourth-order valence-electron chi connectivity index (χ4n) is 4.05. The average Bonchev–Trinajstić information content (AvgIpc) is 2.81. The zero-order chi connectivity index (χ0) is 24.6. The van der Waals surface area contributed by atoms with E-state index in [4.69, 9.17) is 4.74 Å². The number of amides is 2. The fraction of sp³-hybridized carbons (Fsp3) is 0.929. The number of nitrogens with one attached hydrogen (secondary N) is 1. The van der Waals surface area contributed by atoms with Crippen LogP contribution in [0, 0.1) is 5.92 Å². The maximum absolute atomic E-state index is 13.1. The number of hydrogen-bond acceptors (Lipinski definition) is 3. The summed E-state index contributed by atoms with van der Waals surface area (Å²) < 4.78 is 5.76. The molecule has 0 rings (SSSR count). The average molecular weight is 469 g/mol. The van der Waals surface area contributed by atoms with E-state index >= 15 is 0 Å². The summed E-state index contributed by atoms with van der Waals surface area (Å²) in [5.41, 5.74) is 0. The lowest BCUT2D eigenvalue weighted by atomic mass is 10.0. The summed E-state index contributed by atoms with van der Waals surface area (Å²) in [6.45, 7) is 9.21. The van der Waals surface area contributed by atoms with Crippen molar-refractivity contribution in [3.8, 4) is 0 Å². The third kappa shape index (κ3) is 19.0. The lowest BCUT2D eigenvalue weighted by molar-refractivity contribution is -0.142. The van der Waals surface area contributed by atoms with Crippen LogP contribution in [0.5, 0.6) is 0 Å². The summed E-state index contributed by atoms with van der Waals surface area (Å²) in [6, 6.07) is 0. The van der Waals surface area contributed by atoms with Crippen LogP contribution in [-0.2, 0) is 14.3 Å². The predicted octanol–water partition coefficient (Wildman–Crippen LogP) is 6.89. The molecule has 5 heteroatoms. The molecule has 1 N–H and O–H groups in total. The summed E-state index contributed by atoms with van der Waals surface area (Å²) in [7, 11) is 1.84. The molecule has 1 unspecified atom stereocenters. The standard InChI is InChI=1S/C28H56N2O3/c1-5-8-11-14-16-18-22-29-27(31)26(21-25-33-24-20-13-10-7-3)28(32)30(4)23-19-17-15-12-9-6-2/h26H,5-25H2,1-4H3,(H,29,31). The molecule has 0 aliphatic carbocycles. The van der Waals surface area contributed by atoms with Gasteiger partial charge in [-0.2, -0.15) is 0 Å². The van der Waals surface area contributed by atoms with Crippen molar-refractivity contribution in [2.75, 3.05) is 33.4 Å². The van der Waals surface area contributed by atoms with Gasteiger partial charge in [0.15, 0.2) is 0 Å².